The SMILES string of the molecule is COc1cccc(C(=O)Nc2cncnc2)c1O. The van der Waals surface area contributed by atoms with Gasteiger partial charge in [0.15, 0.2) is 11.5 Å². The fourth-order valence-electron chi connectivity index (χ4n) is 1.43. The Bertz CT molecular complexity index is 558. The number of anilines is 1. The number of rotatable bonds is 3. The molecule has 0 aliphatic heterocycles. The van der Waals surface area contributed by atoms with Crippen LogP contribution in [-0.4, -0.2) is 28.1 Å². The molecule has 18 heavy (non-hydrogen) atoms. The lowest BCUT2D eigenvalue weighted by atomic mass is 10.1. The van der Waals surface area contributed by atoms with Gasteiger partial charge in [0.2, 0.25) is 0 Å². The van der Waals surface area contributed by atoms with Crippen molar-refractivity contribution in [3.05, 3.63) is 42.5 Å². The van der Waals surface area contributed by atoms with E-state index in [2.05, 4.69) is 15.3 Å². The third-order valence-electron chi connectivity index (χ3n) is 2.28. The molecule has 6 nitrogen and oxygen atoms in total. The number of benzene rings is 1. The van der Waals surface area contributed by atoms with Gasteiger partial charge < -0.3 is 15.2 Å². The molecule has 6 heteroatoms. The maximum absolute atomic E-state index is 11.9. The zero-order valence-electron chi connectivity index (χ0n) is 9.62. The summed E-state index contributed by atoms with van der Waals surface area (Å²) in [4.78, 5) is 19.5. The molecule has 0 unspecified atom stereocenters. The molecule has 0 fully saturated rings. The van der Waals surface area contributed by atoms with E-state index in [-0.39, 0.29) is 17.1 Å². The van der Waals surface area contributed by atoms with Gasteiger partial charge in [0, 0.05) is 0 Å². The number of ether oxygens (including phenoxy) is 1. The Hall–Kier alpha value is -2.63. The zero-order valence-corrected chi connectivity index (χ0v) is 9.62. The van der Waals surface area contributed by atoms with E-state index in [0.717, 1.165) is 0 Å². The zero-order chi connectivity index (χ0) is 13.0. The number of carbonyl (C=O) groups excluding carboxylic acids is 1. The van der Waals surface area contributed by atoms with Crippen LogP contribution in [0, 0.1) is 0 Å². The van der Waals surface area contributed by atoms with Crippen molar-refractivity contribution in [3.63, 3.8) is 0 Å². The summed E-state index contributed by atoms with van der Waals surface area (Å²) in [6.07, 6.45) is 4.28. The summed E-state index contributed by atoms with van der Waals surface area (Å²) >= 11 is 0. The molecule has 1 amide bonds. The Kier molecular flexibility index (Phi) is 3.38. The predicted octanol–water partition coefficient (Wildman–Crippen LogP) is 1.44. The van der Waals surface area contributed by atoms with Crippen LogP contribution >= 0.6 is 0 Å². The normalized spacial score (nSPS) is 9.83. The van der Waals surface area contributed by atoms with Crippen molar-refractivity contribution in [1.29, 1.82) is 0 Å². The minimum absolute atomic E-state index is 0.123. The highest BCUT2D eigenvalue weighted by molar-refractivity contribution is 6.06. The first-order valence-electron chi connectivity index (χ1n) is 5.14. The summed E-state index contributed by atoms with van der Waals surface area (Å²) in [5.74, 6) is -0.414. The number of aromatic hydroxyl groups is 1. The van der Waals surface area contributed by atoms with Gasteiger partial charge in [0.25, 0.3) is 5.91 Å². The van der Waals surface area contributed by atoms with E-state index in [4.69, 9.17) is 4.74 Å². The first-order valence-corrected chi connectivity index (χ1v) is 5.14. The van der Waals surface area contributed by atoms with Crippen molar-refractivity contribution in [2.24, 2.45) is 0 Å². The molecule has 0 aliphatic carbocycles. The van der Waals surface area contributed by atoms with Crippen LogP contribution in [-0.2, 0) is 0 Å². The molecule has 1 aromatic carbocycles. The summed E-state index contributed by atoms with van der Waals surface area (Å²) in [5.41, 5.74) is 0.572. The fourth-order valence-corrected chi connectivity index (χ4v) is 1.43. The lowest BCUT2D eigenvalue weighted by molar-refractivity contribution is 0.102. The third kappa shape index (κ3) is 2.37. The number of nitrogens with zero attached hydrogens (tertiary/aromatic N) is 2. The highest BCUT2D eigenvalue weighted by atomic mass is 16.5. The predicted molar refractivity (Wildman–Crippen MR) is 64.6 cm³/mol. The molecule has 0 spiro atoms. The number of methoxy groups -OCH3 is 1. The van der Waals surface area contributed by atoms with Gasteiger partial charge in [-0.25, -0.2) is 9.97 Å². The fraction of sp³-hybridized carbons (Fsp3) is 0.0833. The second-order valence-corrected chi connectivity index (χ2v) is 3.44. The van der Waals surface area contributed by atoms with Gasteiger partial charge in [-0.1, -0.05) is 6.07 Å². The lowest BCUT2D eigenvalue weighted by Gasteiger charge is -2.08. The number of phenolic OH excluding ortho intramolecular Hbond substituents is 1. The monoisotopic (exact) mass is 245 g/mol. The molecular weight excluding hydrogens is 234 g/mol. The van der Waals surface area contributed by atoms with E-state index in [0.29, 0.717) is 5.69 Å². The van der Waals surface area contributed by atoms with E-state index in [1.54, 1.807) is 12.1 Å². The quantitative estimate of drug-likeness (QED) is 0.854. The minimum Gasteiger partial charge on any atom is -0.504 e. The average molecular weight is 245 g/mol. The second-order valence-electron chi connectivity index (χ2n) is 3.44. The highest BCUT2D eigenvalue weighted by Gasteiger charge is 2.14. The first-order chi connectivity index (χ1) is 8.72. The number of hydrogen-bond donors (Lipinski definition) is 2. The topological polar surface area (TPSA) is 84.3 Å². The van der Waals surface area contributed by atoms with Crippen molar-refractivity contribution < 1.29 is 14.6 Å². The number of carbonyl (C=O) groups is 1. The van der Waals surface area contributed by atoms with Crippen LogP contribution in [0.25, 0.3) is 0 Å². The van der Waals surface area contributed by atoms with Crippen LogP contribution in [0.4, 0.5) is 5.69 Å². The van der Waals surface area contributed by atoms with Gasteiger partial charge in [-0.05, 0) is 12.1 Å². The summed E-state index contributed by atoms with van der Waals surface area (Å²) < 4.78 is 4.93. The Balaban J connectivity index is 2.24. The van der Waals surface area contributed by atoms with Crippen molar-refractivity contribution in [2.45, 2.75) is 0 Å². The second kappa shape index (κ2) is 5.13. The van der Waals surface area contributed by atoms with Crippen molar-refractivity contribution in [2.75, 3.05) is 12.4 Å². The summed E-state index contributed by atoms with van der Waals surface area (Å²) in [6.45, 7) is 0. The van der Waals surface area contributed by atoms with Gasteiger partial charge in [-0.15, -0.1) is 0 Å². The van der Waals surface area contributed by atoms with E-state index < -0.39 is 5.91 Å². The van der Waals surface area contributed by atoms with Crippen LogP contribution in [0.2, 0.25) is 0 Å². The van der Waals surface area contributed by atoms with E-state index in [9.17, 15) is 9.90 Å². The molecule has 2 aromatic rings. The summed E-state index contributed by atoms with van der Waals surface area (Å²) in [7, 11) is 1.42. The first kappa shape index (κ1) is 11.8. The standard InChI is InChI=1S/C12H11N3O3/c1-18-10-4-2-3-9(11(10)16)12(17)15-8-5-13-7-14-6-8/h2-7,16H,1H3,(H,15,17). The maximum atomic E-state index is 11.9. The van der Waals surface area contributed by atoms with Crippen LogP contribution in [0.1, 0.15) is 10.4 Å². The molecular formula is C12H11N3O3. The minimum atomic E-state index is -0.457. The van der Waals surface area contributed by atoms with Crippen molar-refractivity contribution in [1.82, 2.24) is 9.97 Å². The molecule has 0 atom stereocenters. The van der Waals surface area contributed by atoms with E-state index >= 15 is 0 Å². The molecule has 0 aliphatic rings. The van der Waals surface area contributed by atoms with Crippen LogP contribution in [0.15, 0.2) is 36.9 Å². The van der Waals surface area contributed by atoms with E-state index in [1.807, 2.05) is 0 Å². The Morgan fingerprint density at radius 3 is 2.72 bits per heavy atom. The molecule has 92 valence electrons. The number of amides is 1. The third-order valence-corrected chi connectivity index (χ3v) is 2.28. The van der Waals surface area contributed by atoms with Gasteiger partial charge in [0.1, 0.15) is 6.33 Å². The molecule has 0 saturated carbocycles. The molecule has 1 aromatic heterocycles. The number of para-hydroxylation sites is 1. The Labute approximate surface area is 103 Å². The number of phenols is 1. The van der Waals surface area contributed by atoms with E-state index in [1.165, 1.54) is 31.9 Å². The largest absolute Gasteiger partial charge is 0.504 e. The van der Waals surface area contributed by atoms with Gasteiger partial charge in [-0.3, -0.25) is 4.79 Å². The molecule has 2 N–H and O–H groups in total. The lowest BCUT2D eigenvalue weighted by Crippen LogP contribution is -2.12. The van der Waals surface area contributed by atoms with Gasteiger partial charge in [-0.2, -0.15) is 0 Å². The number of aromatic nitrogens is 2. The molecule has 0 saturated heterocycles. The number of nitrogens with one attached hydrogen (secondary N) is 1. The van der Waals surface area contributed by atoms with Crippen LogP contribution < -0.4 is 10.1 Å². The number of hydrogen-bond acceptors (Lipinski definition) is 5. The molecule has 0 bridgehead atoms. The van der Waals surface area contributed by atoms with Gasteiger partial charge in [0.05, 0.1) is 30.8 Å². The van der Waals surface area contributed by atoms with Crippen LogP contribution in [0.3, 0.4) is 0 Å². The highest BCUT2D eigenvalue weighted by Crippen LogP contribution is 2.29. The maximum Gasteiger partial charge on any atom is 0.259 e. The molecule has 2 rings (SSSR count). The Morgan fingerprint density at radius 1 is 1.33 bits per heavy atom. The van der Waals surface area contributed by atoms with Crippen molar-refractivity contribution in [3.8, 4) is 11.5 Å². The summed E-state index contributed by atoms with van der Waals surface area (Å²) in [5, 5.41) is 12.4. The van der Waals surface area contributed by atoms with Crippen molar-refractivity contribution >= 4 is 11.6 Å². The Morgan fingerprint density at radius 2 is 2.06 bits per heavy atom. The molecule has 1 heterocycles. The van der Waals surface area contributed by atoms with Crippen LogP contribution in [0.5, 0.6) is 11.5 Å². The average Bonchev–Trinajstić information content (AvgIpc) is 2.40. The summed E-state index contributed by atoms with van der Waals surface area (Å²) in [6, 6.07) is 4.68. The smallest absolute Gasteiger partial charge is 0.259 e. The van der Waals surface area contributed by atoms with Gasteiger partial charge >= 0.3 is 0 Å². The molecule has 0 radical (unpaired) electrons.